The molecule has 0 bridgehead atoms. The van der Waals surface area contributed by atoms with Crippen LogP contribution in [0.15, 0.2) is 0 Å². The molecule has 0 aliphatic heterocycles. The molecule has 0 amide bonds. The summed E-state index contributed by atoms with van der Waals surface area (Å²) in [5.74, 6) is 5.84. The van der Waals surface area contributed by atoms with Gasteiger partial charge >= 0.3 is 0 Å². The number of hydrogen-bond donors (Lipinski definition) is 0. The summed E-state index contributed by atoms with van der Waals surface area (Å²) in [4.78, 5) is 0. The van der Waals surface area contributed by atoms with Gasteiger partial charge in [0.2, 0.25) is 0 Å². The Hall–Kier alpha value is 0. The van der Waals surface area contributed by atoms with Crippen molar-refractivity contribution in [1.82, 2.24) is 0 Å². The molecule has 104 valence electrons. The van der Waals surface area contributed by atoms with Crippen LogP contribution in [0.5, 0.6) is 0 Å². The van der Waals surface area contributed by atoms with E-state index in [0.717, 1.165) is 46.3 Å². The Bertz CT molecular complexity index is 363. The SMILES string of the molecule is CC(C)C1C(C)C1C(C)(C)CC1C2(C)C(C)C12C. The first-order chi connectivity index (χ1) is 8.10. The standard InChI is InChI=1S/C18H32/c1-10(2)14-11(3)15(14)16(5,6)9-13-17(7)12(4)18(13,17)8/h10-15H,9H2,1-8H3. The first-order valence-electron chi connectivity index (χ1n) is 8.10. The third kappa shape index (κ3) is 1.23. The molecule has 3 fully saturated rings. The molecular weight excluding hydrogens is 216 g/mol. The highest BCUT2D eigenvalue weighted by Gasteiger charge is 2.90. The second-order valence-electron chi connectivity index (χ2n) is 9.24. The van der Waals surface area contributed by atoms with Gasteiger partial charge in [0.1, 0.15) is 0 Å². The lowest BCUT2D eigenvalue weighted by molar-refractivity contribution is 0.185. The van der Waals surface area contributed by atoms with Crippen LogP contribution in [-0.2, 0) is 0 Å². The minimum Gasteiger partial charge on any atom is -0.0625 e. The van der Waals surface area contributed by atoms with E-state index in [1.165, 1.54) is 6.42 Å². The van der Waals surface area contributed by atoms with E-state index < -0.39 is 0 Å². The van der Waals surface area contributed by atoms with Crippen molar-refractivity contribution in [2.45, 2.75) is 61.8 Å². The summed E-state index contributed by atoms with van der Waals surface area (Å²) in [6, 6.07) is 0. The highest BCUT2D eigenvalue weighted by atomic mass is 14.9. The molecule has 3 aliphatic rings. The predicted molar refractivity (Wildman–Crippen MR) is 78.2 cm³/mol. The molecule has 3 aliphatic carbocycles. The zero-order valence-electron chi connectivity index (χ0n) is 13.7. The van der Waals surface area contributed by atoms with Crippen molar-refractivity contribution >= 4 is 0 Å². The second kappa shape index (κ2) is 3.18. The molecule has 3 rings (SSSR count). The molecule has 5 unspecified atom stereocenters. The topological polar surface area (TPSA) is 0 Å². The van der Waals surface area contributed by atoms with Crippen molar-refractivity contribution < 1.29 is 0 Å². The Morgan fingerprint density at radius 3 is 1.89 bits per heavy atom. The quantitative estimate of drug-likeness (QED) is 0.639. The van der Waals surface area contributed by atoms with Gasteiger partial charge in [0, 0.05) is 0 Å². The van der Waals surface area contributed by atoms with Gasteiger partial charge in [-0.2, -0.15) is 0 Å². The molecule has 0 spiro atoms. The Morgan fingerprint density at radius 2 is 1.56 bits per heavy atom. The third-order valence-electron chi connectivity index (χ3n) is 8.09. The molecule has 0 heteroatoms. The van der Waals surface area contributed by atoms with Crippen LogP contribution in [0.2, 0.25) is 0 Å². The fourth-order valence-corrected chi connectivity index (χ4v) is 6.43. The average Bonchev–Trinajstić information content (AvgIpc) is 3.14. The van der Waals surface area contributed by atoms with Gasteiger partial charge in [0.15, 0.2) is 0 Å². The minimum absolute atomic E-state index is 0.568. The van der Waals surface area contributed by atoms with Crippen molar-refractivity contribution in [3.63, 3.8) is 0 Å². The van der Waals surface area contributed by atoms with Crippen LogP contribution in [0.25, 0.3) is 0 Å². The van der Waals surface area contributed by atoms with Crippen molar-refractivity contribution in [3.05, 3.63) is 0 Å². The van der Waals surface area contributed by atoms with E-state index in [0.29, 0.717) is 5.41 Å². The second-order valence-corrected chi connectivity index (χ2v) is 9.24. The maximum Gasteiger partial charge on any atom is -0.0201 e. The molecule has 0 nitrogen and oxygen atoms in total. The van der Waals surface area contributed by atoms with E-state index in [1.54, 1.807) is 0 Å². The van der Waals surface area contributed by atoms with E-state index in [9.17, 15) is 0 Å². The third-order valence-corrected chi connectivity index (χ3v) is 8.09. The Morgan fingerprint density at radius 1 is 1.06 bits per heavy atom. The van der Waals surface area contributed by atoms with Crippen molar-refractivity contribution in [3.8, 4) is 0 Å². The molecular formula is C18H32. The molecule has 0 aromatic heterocycles. The minimum atomic E-state index is 0.568. The molecule has 0 N–H and O–H groups in total. The van der Waals surface area contributed by atoms with Crippen molar-refractivity contribution in [2.75, 3.05) is 0 Å². The van der Waals surface area contributed by atoms with E-state index in [4.69, 9.17) is 0 Å². The van der Waals surface area contributed by atoms with Crippen LogP contribution < -0.4 is 0 Å². The first-order valence-corrected chi connectivity index (χ1v) is 8.10. The lowest BCUT2D eigenvalue weighted by Gasteiger charge is -2.30. The monoisotopic (exact) mass is 248 g/mol. The van der Waals surface area contributed by atoms with Crippen molar-refractivity contribution in [2.24, 2.45) is 51.8 Å². The van der Waals surface area contributed by atoms with Gasteiger partial charge < -0.3 is 0 Å². The maximum absolute atomic E-state index is 2.55. The fraction of sp³-hybridized carbons (Fsp3) is 1.00. The van der Waals surface area contributed by atoms with Gasteiger partial charge in [0.05, 0.1) is 0 Å². The summed E-state index contributed by atoms with van der Waals surface area (Å²) < 4.78 is 0. The highest BCUT2D eigenvalue weighted by Crippen LogP contribution is 2.94. The van der Waals surface area contributed by atoms with Crippen LogP contribution in [0.3, 0.4) is 0 Å². The summed E-state index contributed by atoms with van der Waals surface area (Å²) in [7, 11) is 0. The Labute approximate surface area is 114 Å². The van der Waals surface area contributed by atoms with E-state index in [2.05, 4.69) is 55.4 Å². The molecule has 18 heavy (non-hydrogen) atoms. The van der Waals surface area contributed by atoms with Gasteiger partial charge in [-0.3, -0.25) is 0 Å². The lowest BCUT2D eigenvalue weighted by atomic mass is 9.74. The first kappa shape index (κ1) is 13.0. The van der Waals surface area contributed by atoms with Crippen LogP contribution in [-0.4, -0.2) is 0 Å². The number of hydrogen-bond acceptors (Lipinski definition) is 0. The molecule has 0 radical (unpaired) electrons. The normalized spacial score (nSPS) is 57.5. The zero-order chi connectivity index (χ0) is 13.7. The van der Waals surface area contributed by atoms with Crippen LogP contribution in [0.4, 0.5) is 0 Å². The summed E-state index contributed by atoms with van der Waals surface area (Å²) >= 11 is 0. The average molecular weight is 248 g/mol. The van der Waals surface area contributed by atoms with E-state index in [-0.39, 0.29) is 0 Å². The van der Waals surface area contributed by atoms with Gasteiger partial charge in [-0.15, -0.1) is 0 Å². The summed E-state index contributed by atoms with van der Waals surface area (Å²) in [5.41, 5.74) is 2.00. The zero-order valence-corrected chi connectivity index (χ0v) is 13.7. The van der Waals surface area contributed by atoms with Crippen LogP contribution in [0, 0.1) is 51.8 Å². The van der Waals surface area contributed by atoms with Gasteiger partial charge in [-0.1, -0.05) is 55.4 Å². The summed E-state index contributed by atoms with van der Waals surface area (Å²) in [6.07, 6.45) is 1.47. The molecule has 0 aromatic rings. The van der Waals surface area contributed by atoms with Gasteiger partial charge in [-0.05, 0) is 58.2 Å². The number of rotatable bonds is 4. The van der Waals surface area contributed by atoms with E-state index in [1.807, 2.05) is 0 Å². The number of fused-ring (bicyclic) bond motifs is 1. The van der Waals surface area contributed by atoms with E-state index >= 15 is 0 Å². The smallest absolute Gasteiger partial charge is 0.0201 e. The Balaban J connectivity index is 1.65. The highest BCUT2D eigenvalue weighted by molar-refractivity contribution is 5.37. The van der Waals surface area contributed by atoms with Crippen molar-refractivity contribution in [1.29, 1.82) is 0 Å². The fourth-order valence-electron chi connectivity index (χ4n) is 6.43. The maximum atomic E-state index is 2.55. The summed E-state index contributed by atoms with van der Waals surface area (Å²) in [6.45, 7) is 19.9. The lowest BCUT2D eigenvalue weighted by Crippen LogP contribution is -2.23. The van der Waals surface area contributed by atoms with Crippen LogP contribution in [0.1, 0.15) is 61.8 Å². The van der Waals surface area contributed by atoms with Gasteiger partial charge in [0.25, 0.3) is 0 Å². The summed E-state index contributed by atoms with van der Waals surface area (Å²) in [5, 5.41) is 0. The molecule has 3 saturated carbocycles. The largest absolute Gasteiger partial charge is 0.0625 e. The van der Waals surface area contributed by atoms with Gasteiger partial charge in [-0.25, -0.2) is 0 Å². The molecule has 0 saturated heterocycles. The predicted octanol–water partition coefficient (Wildman–Crippen LogP) is 5.23. The van der Waals surface area contributed by atoms with Crippen LogP contribution >= 0.6 is 0 Å². The Kier molecular flexibility index (Phi) is 2.30. The molecule has 5 atom stereocenters. The molecule has 0 heterocycles. The molecule has 0 aromatic carbocycles.